The van der Waals surface area contributed by atoms with Crippen LogP contribution in [0.2, 0.25) is 0 Å². The average Bonchev–Trinajstić information content (AvgIpc) is 3.64. The lowest BCUT2D eigenvalue weighted by atomic mass is 9.95. The number of aliphatic imine (C=N–C) groups is 1. The number of methoxy groups -OCH3 is 1. The molecule has 0 spiro atoms. The van der Waals surface area contributed by atoms with Crippen LogP contribution in [0.3, 0.4) is 0 Å². The van der Waals surface area contributed by atoms with E-state index in [1.54, 1.807) is 23.7 Å². The van der Waals surface area contributed by atoms with Crippen molar-refractivity contribution in [2.24, 2.45) is 4.99 Å². The van der Waals surface area contributed by atoms with Crippen LogP contribution in [-0.2, 0) is 24.1 Å². The van der Waals surface area contributed by atoms with Crippen LogP contribution in [0.4, 0.5) is 5.00 Å². The van der Waals surface area contributed by atoms with Crippen LogP contribution in [0.5, 0.6) is 0 Å². The van der Waals surface area contributed by atoms with Crippen LogP contribution >= 0.6 is 11.3 Å². The van der Waals surface area contributed by atoms with Crippen LogP contribution in [0.1, 0.15) is 72.3 Å². The van der Waals surface area contributed by atoms with E-state index in [4.69, 9.17) is 14.1 Å². The van der Waals surface area contributed by atoms with Crippen molar-refractivity contribution >= 4 is 34.4 Å². The Hall–Kier alpha value is -3.91. The van der Waals surface area contributed by atoms with Gasteiger partial charge in [-0.25, -0.2) is 9.79 Å². The van der Waals surface area contributed by atoms with Crippen molar-refractivity contribution in [3.63, 3.8) is 0 Å². The molecule has 1 N–H and O–H groups in total. The lowest BCUT2D eigenvalue weighted by Gasteiger charge is -2.15. The number of thiophene rings is 1. The molecule has 1 amide bonds. The number of fused-ring (bicyclic) bond motifs is 1. The fourth-order valence-electron chi connectivity index (χ4n) is 5.16. The molecule has 0 saturated heterocycles. The molecule has 4 aromatic rings. The van der Waals surface area contributed by atoms with Crippen LogP contribution in [0.25, 0.3) is 5.69 Å². The molecule has 0 radical (unpaired) electrons. The van der Waals surface area contributed by atoms with Gasteiger partial charge < -0.3 is 19.0 Å². The third-order valence-electron chi connectivity index (χ3n) is 7.13. The Balaban J connectivity index is 1.48. The van der Waals surface area contributed by atoms with Gasteiger partial charge in [-0.2, -0.15) is 0 Å². The summed E-state index contributed by atoms with van der Waals surface area (Å²) in [5.41, 5.74) is 7.12. The average molecular weight is 530 g/mol. The highest BCUT2D eigenvalue weighted by Crippen LogP contribution is 2.40. The number of hydrogen-bond donors (Lipinski definition) is 1. The Morgan fingerprint density at radius 2 is 1.97 bits per heavy atom. The zero-order valence-corrected chi connectivity index (χ0v) is 22.9. The minimum atomic E-state index is -0.354. The zero-order valence-electron chi connectivity index (χ0n) is 22.1. The number of nitrogens with one attached hydrogen (secondary N) is 1. The van der Waals surface area contributed by atoms with Gasteiger partial charge in [-0.15, -0.1) is 11.3 Å². The molecule has 0 fully saturated rings. The van der Waals surface area contributed by atoms with Crippen LogP contribution in [-0.4, -0.2) is 29.8 Å². The molecule has 0 aliphatic heterocycles. The smallest absolute Gasteiger partial charge is 0.338 e. The first-order chi connectivity index (χ1) is 18.4. The van der Waals surface area contributed by atoms with Gasteiger partial charge in [0, 0.05) is 33.7 Å². The fraction of sp³-hybridized carbons (Fsp3) is 0.300. The van der Waals surface area contributed by atoms with Crippen molar-refractivity contribution in [1.29, 1.82) is 0 Å². The molecule has 1 aliphatic rings. The quantitative estimate of drug-likeness (QED) is 0.222. The molecule has 0 atom stereocenters. The molecule has 3 heterocycles. The molecule has 8 heteroatoms. The van der Waals surface area contributed by atoms with Crippen molar-refractivity contribution < 1.29 is 18.7 Å². The number of hydrogen-bond acceptors (Lipinski definition) is 6. The Labute approximate surface area is 226 Å². The molecule has 5 rings (SSSR count). The largest absolute Gasteiger partial charge is 0.467 e. The van der Waals surface area contributed by atoms with E-state index in [1.807, 2.05) is 51.3 Å². The van der Waals surface area contributed by atoms with Crippen LogP contribution in [0, 0.1) is 20.8 Å². The lowest BCUT2D eigenvalue weighted by Crippen LogP contribution is -2.23. The summed E-state index contributed by atoms with van der Waals surface area (Å²) >= 11 is 1.62. The Kier molecular flexibility index (Phi) is 7.33. The predicted molar refractivity (Wildman–Crippen MR) is 149 cm³/mol. The number of amides is 1. The molecule has 0 saturated carbocycles. The first-order valence-corrected chi connectivity index (χ1v) is 13.6. The number of carbonyl (C=O) groups is 2. The van der Waals surface area contributed by atoms with Crippen molar-refractivity contribution in [3.8, 4) is 5.69 Å². The van der Waals surface area contributed by atoms with E-state index < -0.39 is 0 Å². The lowest BCUT2D eigenvalue weighted by molar-refractivity contribution is 0.0599. The molecule has 0 bridgehead atoms. The Morgan fingerprint density at radius 1 is 1.16 bits per heavy atom. The maximum Gasteiger partial charge on any atom is 0.338 e. The number of esters is 1. The summed E-state index contributed by atoms with van der Waals surface area (Å²) in [6.45, 7) is 6.34. The zero-order chi connectivity index (χ0) is 26.8. The highest BCUT2D eigenvalue weighted by molar-refractivity contribution is 7.16. The van der Waals surface area contributed by atoms with Crippen molar-refractivity contribution in [1.82, 2.24) is 9.88 Å². The highest BCUT2D eigenvalue weighted by atomic mass is 32.1. The third-order valence-corrected chi connectivity index (χ3v) is 8.33. The third kappa shape index (κ3) is 4.84. The number of nitrogens with zero attached hydrogens (tertiary/aromatic N) is 2. The minimum absolute atomic E-state index is 0.117. The molecule has 3 aromatic heterocycles. The summed E-state index contributed by atoms with van der Waals surface area (Å²) in [5, 5.41) is 3.74. The van der Waals surface area contributed by atoms with Crippen molar-refractivity contribution in [2.75, 3.05) is 7.11 Å². The van der Waals surface area contributed by atoms with E-state index in [1.165, 1.54) is 12.0 Å². The molecule has 1 aliphatic carbocycles. The van der Waals surface area contributed by atoms with Gasteiger partial charge in [-0.3, -0.25) is 4.79 Å². The second-order valence-electron chi connectivity index (χ2n) is 9.51. The summed E-state index contributed by atoms with van der Waals surface area (Å²) in [6, 6.07) is 11.4. The molecule has 196 valence electrons. The number of rotatable bonds is 7. The van der Waals surface area contributed by atoms with Gasteiger partial charge in [-0.1, -0.05) is 6.07 Å². The maximum absolute atomic E-state index is 13.3. The first kappa shape index (κ1) is 25.7. The number of benzene rings is 1. The fourth-order valence-corrected chi connectivity index (χ4v) is 6.39. The minimum Gasteiger partial charge on any atom is -0.467 e. The summed E-state index contributed by atoms with van der Waals surface area (Å²) in [7, 11) is 1.39. The number of furan rings is 1. The molecular formula is C30H31N3O4S. The van der Waals surface area contributed by atoms with E-state index in [-0.39, 0.29) is 11.9 Å². The second-order valence-corrected chi connectivity index (χ2v) is 10.6. The second kappa shape index (κ2) is 10.8. The van der Waals surface area contributed by atoms with E-state index in [9.17, 15) is 9.59 Å². The summed E-state index contributed by atoms with van der Waals surface area (Å²) < 4.78 is 12.5. The van der Waals surface area contributed by atoms with Gasteiger partial charge in [0.05, 0.1) is 31.0 Å². The highest BCUT2D eigenvalue weighted by Gasteiger charge is 2.25. The van der Waals surface area contributed by atoms with Gasteiger partial charge >= 0.3 is 5.97 Å². The van der Waals surface area contributed by atoms with E-state index >= 15 is 0 Å². The van der Waals surface area contributed by atoms with Crippen LogP contribution < -0.4 is 5.32 Å². The molecular weight excluding hydrogens is 498 g/mol. The summed E-state index contributed by atoms with van der Waals surface area (Å²) in [6.07, 6.45) is 7.55. The molecule has 38 heavy (non-hydrogen) atoms. The van der Waals surface area contributed by atoms with Crippen molar-refractivity contribution in [3.05, 3.63) is 92.5 Å². The first-order valence-electron chi connectivity index (χ1n) is 12.8. The van der Waals surface area contributed by atoms with E-state index in [0.717, 1.165) is 64.4 Å². The number of carbonyl (C=O) groups excluding carboxylic acids is 2. The Bertz CT molecular complexity index is 1530. The van der Waals surface area contributed by atoms with Gasteiger partial charge in [0.2, 0.25) is 0 Å². The van der Waals surface area contributed by atoms with Crippen molar-refractivity contribution in [2.45, 2.75) is 53.0 Å². The molecule has 1 aromatic carbocycles. The van der Waals surface area contributed by atoms with Gasteiger partial charge in [0.1, 0.15) is 10.8 Å². The summed E-state index contributed by atoms with van der Waals surface area (Å²) in [5.74, 6) is 0.244. The van der Waals surface area contributed by atoms with E-state index in [0.29, 0.717) is 23.4 Å². The normalized spacial score (nSPS) is 13.1. The monoisotopic (exact) mass is 529 g/mol. The SMILES string of the molecule is COC(=O)c1cccc(-n2c(C)cc(C=Nc3sc4c(c3C(=O)NCc3ccco3)CCCC4)c2C)c1C. The number of ether oxygens (including phenoxy) is 1. The Morgan fingerprint density at radius 3 is 2.74 bits per heavy atom. The topological polar surface area (TPSA) is 85.8 Å². The van der Waals surface area contributed by atoms with Gasteiger partial charge in [-0.05, 0) is 87.9 Å². The van der Waals surface area contributed by atoms with Gasteiger partial charge in [0.25, 0.3) is 5.91 Å². The maximum atomic E-state index is 13.3. The van der Waals surface area contributed by atoms with Gasteiger partial charge in [0.15, 0.2) is 0 Å². The number of aromatic nitrogens is 1. The predicted octanol–water partition coefficient (Wildman–Crippen LogP) is 6.40. The standard InChI is InChI=1S/C30H31N3O4S/c1-18-15-21(20(3)33(18)25-12-7-11-23(19(25)2)30(35)36-4)16-32-29-27(24-10-5-6-13-26(24)38-29)28(34)31-17-22-9-8-14-37-22/h7-9,11-12,14-16H,5-6,10,13,17H2,1-4H3,(H,31,34). The summed E-state index contributed by atoms with van der Waals surface area (Å²) in [4.78, 5) is 31.7. The molecule has 0 unspecified atom stereocenters. The van der Waals surface area contributed by atoms with E-state index in [2.05, 4.69) is 16.0 Å². The molecule has 7 nitrogen and oxygen atoms in total. The van der Waals surface area contributed by atoms with Crippen LogP contribution in [0.15, 0.2) is 52.1 Å². The number of aryl methyl sites for hydroxylation is 2.